The van der Waals surface area contributed by atoms with E-state index in [2.05, 4.69) is 29.6 Å². The molecule has 2 aliphatic carbocycles. The molecule has 0 radical (unpaired) electrons. The monoisotopic (exact) mass is 217 g/mol. The number of aliphatic hydroxyl groups excluding tert-OH is 1. The summed E-state index contributed by atoms with van der Waals surface area (Å²) in [5.41, 5.74) is 2.99. The lowest BCUT2D eigenvalue weighted by molar-refractivity contribution is 0.148. The van der Waals surface area contributed by atoms with Crippen LogP contribution in [-0.4, -0.2) is 24.3 Å². The Balaban J connectivity index is 1.44. The molecule has 86 valence electrons. The summed E-state index contributed by atoms with van der Waals surface area (Å²) in [6.45, 7) is 1.78. The van der Waals surface area contributed by atoms with Crippen LogP contribution < -0.4 is 5.32 Å². The molecule has 2 N–H and O–H groups in total. The number of fused-ring (bicyclic) bond motifs is 1. The maximum absolute atomic E-state index is 9.73. The van der Waals surface area contributed by atoms with E-state index < -0.39 is 0 Å². The standard InChI is InChI=1S/C14H19NO/c16-14(10-5-6-10)9-15-8-12-7-11-3-1-2-4-13(11)12/h1-4,10,12,14-16H,5-9H2. The van der Waals surface area contributed by atoms with Crippen molar-refractivity contribution in [2.45, 2.75) is 31.3 Å². The molecule has 1 aromatic rings. The number of hydrogen-bond acceptors (Lipinski definition) is 2. The van der Waals surface area contributed by atoms with Crippen molar-refractivity contribution >= 4 is 0 Å². The fourth-order valence-electron chi connectivity index (χ4n) is 2.60. The van der Waals surface area contributed by atoms with Crippen LogP contribution in [0.15, 0.2) is 24.3 Å². The van der Waals surface area contributed by atoms with Crippen molar-refractivity contribution in [1.29, 1.82) is 0 Å². The molecule has 0 saturated heterocycles. The van der Waals surface area contributed by atoms with Crippen LogP contribution in [0.25, 0.3) is 0 Å². The van der Waals surface area contributed by atoms with Crippen molar-refractivity contribution in [2.24, 2.45) is 5.92 Å². The Hall–Kier alpha value is -0.860. The molecule has 0 amide bonds. The molecule has 0 aliphatic heterocycles. The SMILES string of the molecule is OC(CNCC1Cc2ccccc21)C1CC1. The highest BCUT2D eigenvalue weighted by Crippen LogP contribution is 2.34. The van der Waals surface area contributed by atoms with Crippen LogP contribution >= 0.6 is 0 Å². The highest BCUT2D eigenvalue weighted by atomic mass is 16.3. The van der Waals surface area contributed by atoms with Gasteiger partial charge in [0.1, 0.15) is 0 Å². The summed E-state index contributed by atoms with van der Waals surface area (Å²) in [5, 5.41) is 13.1. The molecule has 1 aromatic carbocycles. The molecule has 2 aliphatic rings. The minimum atomic E-state index is -0.115. The van der Waals surface area contributed by atoms with E-state index in [-0.39, 0.29) is 6.10 Å². The molecule has 2 unspecified atom stereocenters. The molecule has 0 bridgehead atoms. The fraction of sp³-hybridized carbons (Fsp3) is 0.571. The van der Waals surface area contributed by atoms with Crippen molar-refractivity contribution in [3.05, 3.63) is 35.4 Å². The van der Waals surface area contributed by atoms with Crippen molar-refractivity contribution in [3.63, 3.8) is 0 Å². The number of hydrogen-bond donors (Lipinski definition) is 2. The smallest absolute Gasteiger partial charge is 0.0692 e. The highest BCUT2D eigenvalue weighted by molar-refractivity contribution is 5.40. The normalized spacial score (nSPS) is 24.7. The lowest BCUT2D eigenvalue weighted by atomic mass is 9.77. The van der Waals surface area contributed by atoms with Gasteiger partial charge in [0.2, 0.25) is 0 Å². The Kier molecular flexibility index (Phi) is 2.70. The zero-order valence-corrected chi connectivity index (χ0v) is 9.52. The molecule has 1 saturated carbocycles. The first-order valence-electron chi connectivity index (χ1n) is 6.31. The van der Waals surface area contributed by atoms with Gasteiger partial charge in [-0.1, -0.05) is 24.3 Å². The quantitative estimate of drug-likeness (QED) is 0.786. The third-order valence-corrected chi connectivity index (χ3v) is 3.87. The molecule has 16 heavy (non-hydrogen) atoms. The Morgan fingerprint density at radius 3 is 2.88 bits per heavy atom. The summed E-state index contributed by atoms with van der Waals surface area (Å²) in [7, 11) is 0. The van der Waals surface area contributed by atoms with Crippen LogP contribution in [-0.2, 0) is 6.42 Å². The summed E-state index contributed by atoms with van der Waals surface area (Å²) < 4.78 is 0. The van der Waals surface area contributed by atoms with E-state index in [4.69, 9.17) is 0 Å². The number of nitrogens with one attached hydrogen (secondary N) is 1. The zero-order chi connectivity index (χ0) is 11.0. The van der Waals surface area contributed by atoms with Gasteiger partial charge in [0, 0.05) is 19.0 Å². The van der Waals surface area contributed by atoms with Crippen molar-refractivity contribution < 1.29 is 5.11 Å². The van der Waals surface area contributed by atoms with Crippen LogP contribution in [0.1, 0.15) is 29.9 Å². The van der Waals surface area contributed by atoms with Crippen molar-refractivity contribution in [3.8, 4) is 0 Å². The summed E-state index contributed by atoms with van der Waals surface area (Å²) in [6, 6.07) is 8.66. The Labute approximate surface area is 96.7 Å². The molecule has 2 atom stereocenters. The van der Waals surface area contributed by atoms with E-state index in [9.17, 15) is 5.11 Å². The Morgan fingerprint density at radius 2 is 2.12 bits per heavy atom. The topological polar surface area (TPSA) is 32.3 Å². The van der Waals surface area contributed by atoms with E-state index >= 15 is 0 Å². The lowest BCUT2D eigenvalue weighted by Gasteiger charge is -2.30. The van der Waals surface area contributed by atoms with Crippen LogP contribution in [0.2, 0.25) is 0 Å². The molecule has 2 nitrogen and oxygen atoms in total. The first kappa shape index (κ1) is 10.3. The maximum Gasteiger partial charge on any atom is 0.0692 e. The summed E-state index contributed by atoms with van der Waals surface area (Å²) in [6.07, 6.45) is 3.52. The molecule has 1 fully saturated rings. The van der Waals surface area contributed by atoms with Gasteiger partial charge in [-0.25, -0.2) is 0 Å². The Bertz CT molecular complexity index is 373. The summed E-state index contributed by atoms with van der Waals surface area (Å²) in [4.78, 5) is 0. The van der Waals surface area contributed by atoms with Crippen LogP contribution in [0.5, 0.6) is 0 Å². The van der Waals surface area contributed by atoms with E-state index in [0.29, 0.717) is 11.8 Å². The van der Waals surface area contributed by atoms with Gasteiger partial charge in [-0.3, -0.25) is 0 Å². The fourth-order valence-corrected chi connectivity index (χ4v) is 2.60. The van der Waals surface area contributed by atoms with Crippen LogP contribution in [0.3, 0.4) is 0 Å². The number of benzene rings is 1. The lowest BCUT2D eigenvalue weighted by Crippen LogP contribution is -2.34. The molecule has 0 aromatic heterocycles. The van der Waals surface area contributed by atoms with E-state index in [1.54, 1.807) is 0 Å². The van der Waals surface area contributed by atoms with Gasteiger partial charge in [-0.05, 0) is 36.3 Å². The third kappa shape index (κ3) is 2.00. The average Bonchev–Trinajstić information content (AvgIpc) is 3.08. The predicted octanol–water partition coefficient (Wildman–Crippen LogP) is 1.69. The summed E-state index contributed by atoms with van der Waals surface area (Å²) in [5.74, 6) is 1.25. The molecule has 0 spiro atoms. The van der Waals surface area contributed by atoms with E-state index in [1.165, 1.54) is 30.4 Å². The maximum atomic E-state index is 9.73. The minimum absolute atomic E-state index is 0.115. The van der Waals surface area contributed by atoms with Gasteiger partial charge < -0.3 is 10.4 Å². The summed E-state index contributed by atoms with van der Waals surface area (Å²) >= 11 is 0. The van der Waals surface area contributed by atoms with Gasteiger partial charge in [-0.2, -0.15) is 0 Å². The molecule has 0 heterocycles. The van der Waals surface area contributed by atoms with Gasteiger partial charge in [0.15, 0.2) is 0 Å². The molecule has 3 rings (SSSR count). The van der Waals surface area contributed by atoms with Crippen molar-refractivity contribution in [1.82, 2.24) is 5.32 Å². The van der Waals surface area contributed by atoms with Gasteiger partial charge in [-0.15, -0.1) is 0 Å². The van der Waals surface area contributed by atoms with Gasteiger partial charge >= 0.3 is 0 Å². The molecule has 2 heteroatoms. The average molecular weight is 217 g/mol. The largest absolute Gasteiger partial charge is 0.392 e. The first-order valence-corrected chi connectivity index (χ1v) is 6.31. The predicted molar refractivity (Wildman–Crippen MR) is 64.5 cm³/mol. The highest BCUT2D eigenvalue weighted by Gasteiger charge is 2.30. The van der Waals surface area contributed by atoms with Crippen LogP contribution in [0, 0.1) is 5.92 Å². The van der Waals surface area contributed by atoms with E-state index in [1.807, 2.05) is 0 Å². The second-order valence-electron chi connectivity index (χ2n) is 5.16. The van der Waals surface area contributed by atoms with Crippen LogP contribution in [0.4, 0.5) is 0 Å². The zero-order valence-electron chi connectivity index (χ0n) is 9.52. The number of aliphatic hydroxyl groups is 1. The second kappa shape index (κ2) is 4.19. The molecular formula is C14H19NO. The van der Waals surface area contributed by atoms with E-state index in [0.717, 1.165) is 13.1 Å². The second-order valence-corrected chi connectivity index (χ2v) is 5.16. The van der Waals surface area contributed by atoms with Gasteiger partial charge in [0.05, 0.1) is 6.10 Å². The van der Waals surface area contributed by atoms with Gasteiger partial charge in [0.25, 0.3) is 0 Å². The number of rotatable bonds is 5. The minimum Gasteiger partial charge on any atom is -0.392 e. The van der Waals surface area contributed by atoms with Crippen molar-refractivity contribution in [2.75, 3.05) is 13.1 Å². The molecular weight excluding hydrogens is 198 g/mol. The Morgan fingerprint density at radius 1 is 1.31 bits per heavy atom. The third-order valence-electron chi connectivity index (χ3n) is 3.87. The first-order chi connectivity index (χ1) is 7.84.